The minimum atomic E-state index is -0.225. The summed E-state index contributed by atoms with van der Waals surface area (Å²) >= 11 is 11.9. The Morgan fingerprint density at radius 3 is 2.72 bits per heavy atom. The molecule has 0 fully saturated rings. The third-order valence-corrected chi connectivity index (χ3v) is 4.54. The Bertz CT molecular complexity index is 770. The fourth-order valence-electron chi connectivity index (χ4n) is 2.48. The van der Waals surface area contributed by atoms with Crippen molar-refractivity contribution in [3.63, 3.8) is 0 Å². The minimum absolute atomic E-state index is 0.200. The lowest BCUT2D eigenvalue weighted by molar-refractivity contribution is 0.0904. The van der Waals surface area contributed by atoms with E-state index >= 15 is 0 Å². The Kier molecular flexibility index (Phi) is 5.56. The third-order valence-electron chi connectivity index (χ3n) is 3.80. The number of ether oxygens (including phenoxy) is 2. The normalized spacial score (nSPS) is 15.6. The molecule has 25 heavy (non-hydrogen) atoms. The molecular formula is C18H18Cl2N2O3. The molecule has 0 aliphatic carbocycles. The first-order chi connectivity index (χ1) is 12.0. The molecule has 0 unspecified atom stereocenters. The average Bonchev–Trinajstić information content (AvgIpc) is 2.62. The molecule has 132 valence electrons. The first kappa shape index (κ1) is 17.7. The summed E-state index contributed by atoms with van der Waals surface area (Å²) in [4.78, 5) is 13.8. The van der Waals surface area contributed by atoms with Crippen LogP contribution in [0.2, 0.25) is 10.0 Å². The molecule has 2 aromatic rings. The van der Waals surface area contributed by atoms with Crippen molar-refractivity contribution >= 4 is 29.2 Å². The molecule has 0 radical (unpaired) electrons. The molecule has 2 amide bonds. The summed E-state index contributed by atoms with van der Waals surface area (Å²) < 4.78 is 11.5. The maximum atomic E-state index is 12.2. The Balaban J connectivity index is 1.50. The van der Waals surface area contributed by atoms with Crippen LogP contribution in [0, 0.1) is 0 Å². The van der Waals surface area contributed by atoms with Gasteiger partial charge in [0.25, 0.3) is 0 Å². The molecule has 0 spiro atoms. The number of hydrogen-bond donors (Lipinski definition) is 1. The van der Waals surface area contributed by atoms with Crippen molar-refractivity contribution in [2.45, 2.75) is 12.6 Å². The zero-order valence-corrected chi connectivity index (χ0v) is 15.2. The Morgan fingerprint density at radius 1 is 1.20 bits per heavy atom. The van der Waals surface area contributed by atoms with Gasteiger partial charge >= 0.3 is 6.03 Å². The van der Waals surface area contributed by atoms with E-state index in [2.05, 4.69) is 5.32 Å². The van der Waals surface area contributed by atoms with E-state index in [-0.39, 0.29) is 12.1 Å². The van der Waals surface area contributed by atoms with Gasteiger partial charge in [-0.25, -0.2) is 4.79 Å². The summed E-state index contributed by atoms with van der Waals surface area (Å²) in [5.74, 6) is 1.42. The topological polar surface area (TPSA) is 50.8 Å². The lowest BCUT2D eigenvalue weighted by Crippen LogP contribution is -2.44. The highest BCUT2D eigenvalue weighted by molar-refractivity contribution is 6.42. The SMILES string of the molecule is CN(Cc1ccc(Cl)c(Cl)c1)C(=O)NC[C@@H]1COc2ccccc2O1. The molecule has 1 heterocycles. The number of nitrogens with zero attached hydrogens (tertiary/aromatic N) is 1. The van der Waals surface area contributed by atoms with E-state index in [1.807, 2.05) is 30.3 Å². The fraction of sp³-hybridized carbons (Fsp3) is 0.278. The average molecular weight is 381 g/mol. The van der Waals surface area contributed by atoms with Crippen LogP contribution in [0.25, 0.3) is 0 Å². The van der Waals surface area contributed by atoms with Crippen LogP contribution in [0.5, 0.6) is 11.5 Å². The third kappa shape index (κ3) is 4.50. The lowest BCUT2D eigenvalue weighted by Gasteiger charge is -2.27. The van der Waals surface area contributed by atoms with Crippen molar-refractivity contribution in [3.05, 3.63) is 58.1 Å². The maximum Gasteiger partial charge on any atom is 0.317 e. The standard InChI is InChI=1S/C18H18Cl2N2O3/c1-22(10-12-6-7-14(19)15(20)8-12)18(23)21-9-13-11-24-16-4-2-3-5-17(16)25-13/h2-8,13H,9-11H2,1H3,(H,21,23)/t13-/m1/s1. The van der Waals surface area contributed by atoms with Crippen molar-refractivity contribution in [3.8, 4) is 11.5 Å². The van der Waals surface area contributed by atoms with Crippen molar-refractivity contribution in [2.75, 3.05) is 20.2 Å². The second-order valence-electron chi connectivity index (χ2n) is 5.79. The van der Waals surface area contributed by atoms with E-state index in [4.69, 9.17) is 32.7 Å². The molecule has 1 aliphatic heterocycles. The number of carbonyl (C=O) groups excluding carboxylic acids is 1. The van der Waals surface area contributed by atoms with Gasteiger partial charge in [-0.1, -0.05) is 41.4 Å². The van der Waals surface area contributed by atoms with Crippen LogP contribution in [0.3, 0.4) is 0 Å². The molecule has 2 aromatic carbocycles. The van der Waals surface area contributed by atoms with Crippen molar-refractivity contribution < 1.29 is 14.3 Å². The predicted octanol–water partition coefficient (Wildman–Crippen LogP) is 3.97. The molecule has 1 atom stereocenters. The number of hydrogen-bond acceptors (Lipinski definition) is 3. The van der Waals surface area contributed by atoms with Gasteiger partial charge in [-0.15, -0.1) is 0 Å². The number of halogens is 2. The maximum absolute atomic E-state index is 12.2. The molecule has 1 N–H and O–H groups in total. The van der Waals surface area contributed by atoms with Crippen LogP contribution >= 0.6 is 23.2 Å². The van der Waals surface area contributed by atoms with E-state index in [9.17, 15) is 4.79 Å². The highest BCUT2D eigenvalue weighted by Crippen LogP contribution is 2.30. The van der Waals surface area contributed by atoms with E-state index in [0.29, 0.717) is 35.5 Å². The van der Waals surface area contributed by atoms with Gasteiger partial charge in [-0.05, 0) is 29.8 Å². The van der Waals surface area contributed by atoms with Crippen LogP contribution in [-0.2, 0) is 6.54 Å². The fourth-order valence-corrected chi connectivity index (χ4v) is 2.80. The predicted molar refractivity (Wildman–Crippen MR) is 97.7 cm³/mol. The van der Waals surface area contributed by atoms with Crippen LogP contribution in [0.15, 0.2) is 42.5 Å². The summed E-state index contributed by atoms with van der Waals surface area (Å²) in [7, 11) is 1.71. The van der Waals surface area contributed by atoms with E-state index in [1.165, 1.54) is 0 Å². The second-order valence-corrected chi connectivity index (χ2v) is 6.60. The molecule has 0 saturated heterocycles. The van der Waals surface area contributed by atoms with Crippen molar-refractivity contribution in [1.82, 2.24) is 10.2 Å². The molecular weight excluding hydrogens is 363 g/mol. The quantitative estimate of drug-likeness (QED) is 0.872. The number of rotatable bonds is 4. The van der Waals surface area contributed by atoms with Gasteiger partial charge in [0.15, 0.2) is 17.6 Å². The Labute approximate surface area is 156 Å². The van der Waals surface area contributed by atoms with E-state index in [0.717, 1.165) is 11.3 Å². The van der Waals surface area contributed by atoms with Crippen LogP contribution in [0.4, 0.5) is 4.79 Å². The Hall–Kier alpha value is -2.11. The van der Waals surface area contributed by atoms with Crippen LogP contribution < -0.4 is 14.8 Å². The van der Waals surface area contributed by atoms with Gasteiger partial charge in [0, 0.05) is 13.6 Å². The molecule has 0 bridgehead atoms. The smallest absolute Gasteiger partial charge is 0.317 e. The van der Waals surface area contributed by atoms with Gasteiger partial charge in [-0.2, -0.15) is 0 Å². The highest BCUT2D eigenvalue weighted by atomic mass is 35.5. The van der Waals surface area contributed by atoms with Crippen molar-refractivity contribution in [2.24, 2.45) is 0 Å². The van der Waals surface area contributed by atoms with Gasteiger partial charge < -0.3 is 19.7 Å². The highest BCUT2D eigenvalue weighted by Gasteiger charge is 2.21. The number of benzene rings is 2. The summed E-state index contributed by atoms with van der Waals surface area (Å²) in [6, 6.07) is 12.6. The summed E-state index contributed by atoms with van der Waals surface area (Å²) in [6.45, 7) is 1.18. The second kappa shape index (κ2) is 7.85. The Morgan fingerprint density at radius 2 is 1.96 bits per heavy atom. The number of carbonyl (C=O) groups is 1. The summed E-state index contributed by atoms with van der Waals surface area (Å²) in [6.07, 6.45) is -0.225. The van der Waals surface area contributed by atoms with Crippen LogP contribution in [-0.4, -0.2) is 37.2 Å². The monoisotopic (exact) mass is 380 g/mol. The number of para-hydroxylation sites is 2. The van der Waals surface area contributed by atoms with Crippen LogP contribution in [0.1, 0.15) is 5.56 Å². The number of urea groups is 1. The molecule has 1 aliphatic rings. The zero-order valence-electron chi connectivity index (χ0n) is 13.7. The molecule has 0 aromatic heterocycles. The molecule has 3 rings (SSSR count). The molecule has 0 saturated carbocycles. The lowest BCUT2D eigenvalue weighted by atomic mass is 10.2. The first-order valence-corrected chi connectivity index (χ1v) is 8.60. The van der Waals surface area contributed by atoms with Gasteiger partial charge in [0.2, 0.25) is 0 Å². The van der Waals surface area contributed by atoms with Gasteiger partial charge in [0.1, 0.15) is 6.61 Å². The largest absolute Gasteiger partial charge is 0.486 e. The number of nitrogens with one attached hydrogen (secondary N) is 1. The van der Waals surface area contributed by atoms with E-state index < -0.39 is 0 Å². The van der Waals surface area contributed by atoms with Gasteiger partial charge in [-0.3, -0.25) is 0 Å². The summed E-state index contributed by atoms with van der Waals surface area (Å²) in [5, 5.41) is 3.82. The molecule has 7 heteroatoms. The number of fused-ring (bicyclic) bond motifs is 1. The van der Waals surface area contributed by atoms with Gasteiger partial charge in [0.05, 0.1) is 16.6 Å². The van der Waals surface area contributed by atoms with Crippen molar-refractivity contribution in [1.29, 1.82) is 0 Å². The molecule has 5 nitrogen and oxygen atoms in total. The summed E-state index contributed by atoms with van der Waals surface area (Å²) in [5.41, 5.74) is 0.901. The number of amides is 2. The first-order valence-electron chi connectivity index (χ1n) is 7.84. The van der Waals surface area contributed by atoms with E-state index in [1.54, 1.807) is 24.1 Å². The zero-order chi connectivity index (χ0) is 17.8. The minimum Gasteiger partial charge on any atom is -0.486 e.